The predicted molar refractivity (Wildman–Crippen MR) is 440 cm³/mol. The molecule has 10 unspecified atom stereocenters. The lowest BCUT2D eigenvalue weighted by atomic mass is 9.98. The summed E-state index contributed by atoms with van der Waals surface area (Å²) in [6, 6.07) is 17.0. The van der Waals surface area contributed by atoms with Crippen LogP contribution in [-0.2, 0) is 76.8 Å². The van der Waals surface area contributed by atoms with Crippen LogP contribution in [0.2, 0.25) is 0 Å². The summed E-state index contributed by atoms with van der Waals surface area (Å²) in [5.74, 6) is -10.4. The van der Waals surface area contributed by atoms with Gasteiger partial charge in [0.25, 0.3) is 0 Å². The van der Waals surface area contributed by atoms with Crippen LogP contribution < -0.4 is 114 Å². The Labute approximate surface area is 676 Å². The van der Waals surface area contributed by atoms with Gasteiger partial charge in [-0.2, -0.15) is 0 Å². The molecule has 1 fully saturated rings. The Bertz CT molecular complexity index is 3910. The molecule has 0 bridgehead atoms. The van der Waals surface area contributed by atoms with Crippen LogP contribution in [0.3, 0.4) is 0 Å². The maximum atomic E-state index is 15.4. The highest BCUT2D eigenvalue weighted by molar-refractivity contribution is 8.68. The average Bonchev–Trinajstić information content (AvgIpc) is 0.869. The molecule has 0 saturated carbocycles. The summed E-state index contributed by atoms with van der Waals surface area (Å²) in [5.41, 5.74) is 29.7. The molecule has 1 saturated heterocycles. The molecule has 1 aliphatic rings. The third-order valence-corrected chi connectivity index (χ3v) is 19.3. The van der Waals surface area contributed by atoms with Crippen molar-refractivity contribution < 1.29 is 62.6 Å². The van der Waals surface area contributed by atoms with Gasteiger partial charge in [0.2, 0.25) is 70.9 Å². The molecule has 4 aromatic rings. The van der Waals surface area contributed by atoms with Crippen molar-refractivity contribution in [1.29, 1.82) is 21.6 Å². The molecule has 38 nitrogen and oxygen atoms in total. The number of carbonyl (C=O) groups is 12. The van der Waals surface area contributed by atoms with Crippen LogP contribution in [0.25, 0.3) is 10.8 Å². The highest BCUT2D eigenvalue weighted by Crippen LogP contribution is 2.19. The van der Waals surface area contributed by atoms with Crippen molar-refractivity contribution in [3.63, 3.8) is 0 Å². The summed E-state index contributed by atoms with van der Waals surface area (Å²) in [5, 5.41) is 89.0. The molecule has 0 spiro atoms. The first-order valence-electron chi connectivity index (χ1n) is 38.2. The summed E-state index contributed by atoms with van der Waals surface area (Å²) in [6.45, 7) is -0.00522. The van der Waals surface area contributed by atoms with Crippen molar-refractivity contribution in [3.05, 3.63) is 120 Å². The molecule has 1 heterocycles. The lowest BCUT2D eigenvalue weighted by Crippen LogP contribution is -2.63. The van der Waals surface area contributed by atoms with E-state index in [4.69, 9.17) is 50.3 Å². The highest BCUT2D eigenvalue weighted by Gasteiger charge is 2.37. The second kappa shape index (κ2) is 52.0. The highest BCUT2D eigenvalue weighted by atomic mass is 33.1. The predicted octanol–water partition coefficient (Wildman–Crippen LogP) is -3.38. The van der Waals surface area contributed by atoms with Crippen LogP contribution in [0.5, 0.6) is 0 Å². The fourth-order valence-electron chi connectivity index (χ4n) is 12.3. The summed E-state index contributed by atoms with van der Waals surface area (Å²) in [7, 11) is 1.24. The third kappa shape index (κ3) is 37.8. The summed E-state index contributed by atoms with van der Waals surface area (Å²) in [4.78, 5) is 170. The number of nitrogens with one attached hydrogen (secondary N) is 20. The average molecular weight is 1640 g/mol. The molecule has 0 radical (unpaired) electrons. The minimum absolute atomic E-state index is 0.00103. The summed E-state index contributed by atoms with van der Waals surface area (Å²) >= 11 is 4.02. The molecule has 40 heteroatoms. The van der Waals surface area contributed by atoms with Gasteiger partial charge < -0.3 is 114 Å². The smallest absolute Gasteiger partial charge is 0.243 e. The second-order valence-corrected chi connectivity index (χ2v) is 29.0. The van der Waals surface area contributed by atoms with Crippen LogP contribution in [0, 0.1) is 21.6 Å². The third-order valence-electron chi connectivity index (χ3n) is 18.3. The molecule has 5 rings (SSSR count). The Morgan fingerprint density at radius 3 is 1.23 bits per heavy atom. The molecule has 12 amide bonds. The Morgan fingerprint density at radius 1 is 0.391 bits per heavy atom. The lowest BCUT2D eigenvalue weighted by molar-refractivity contribution is -0.136. The fraction of sp³-hybridized carbons (Fsp3) is 0.493. The van der Waals surface area contributed by atoms with E-state index in [0.717, 1.165) is 10.8 Å². The van der Waals surface area contributed by atoms with Gasteiger partial charge in [-0.25, -0.2) is 0 Å². The van der Waals surface area contributed by atoms with Gasteiger partial charge >= 0.3 is 0 Å². The number of benzene rings is 4. The number of hydrogen-bond donors (Lipinski definition) is 27. The van der Waals surface area contributed by atoms with E-state index in [1.165, 1.54) is 10.8 Å². The Morgan fingerprint density at radius 2 is 0.765 bits per heavy atom. The van der Waals surface area contributed by atoms with Gasteiger partial charge in [0.05, 0.1) is 12.1 Å². The van der Waals surface area contributed by atoms with Gasteiger partial charge in [0.1, 0.15) is 48.5 Å². The Kier molecular flexibility index (Phi) is 42.5. The first-order valence-corrected chi connectivity index (χ1v) is 40.2. The van der Waals surface area contributed by atoms with Crippen LogP contribution in [0.1, 0.15) is 119 Å². The SMILES string of the molecule is N=C(N)NCCCC1NC(=O)C(CCCNC(=N)N)NC(=O)C(Cc2ccc3ccccc3c2)NC(=O)C(Cc2ccccc2)NC(O)C(Cc2ccccc2)NC(=O)C(CCC(=O)NCCC(=O)NCCC(=O)NC(CCCCNC(=O)CCSS)C(N)=O)NC(=O)C(CCCNC(=N)N)NC(=O)C(CCCNC(=N)N)NC1=O. The molecule has 115 heavy (non-hydrogen) atoms. The minimum atomic E-state index is -1.86. The van der Waals surface area contributed by atoms with E-state index < -0.39 is 156 Å². The number of rotatable bonds is 41. The monoisotopic (exact) mass is 1640 g/mol. The Hall–Kier alpha value is -11.5. The van der Waals surface area contributed by atoms with Crippen molar-refractivity contribution in [3.8, 4) is 0 Å². The normalized spacial score (nSPS) is 19.6. The lowest BCUT2D eigenvalue weighted by Gasteiger charge is -2.32. The maximum absolute atomic E-state index is 15.4. The largest absolute Gasteiger partial charge is 0.376 e. The van der Waals surface area contributed by atoms with Crippen molar-refractivity contribution in [1.82, 2.24) is 85.1 Å². The van der Waals surface area contributed by atoms with Gasteiger partial charge in [0, 0.05) is 83.7 Å². The number of guanidine groups is 4. The zero-order chi connectivity index (χ0) is 84.0. The van der Waals surface area contributed by atoms with Gasteiger partial charge in [-0.3, -0.25) is 84.5 Å². The quantitative estimate of drug-likeness (QED) is 0.00678. The number of aliphatic hydroxyl groups excluding tert-OH is 1. The number of primary amides is 1. The standard InChI is InChI=1S/C75H113N25O13S2/c76-63(105)50(21-9-10-33-85-61(103)32-40-115-114)92-62(104)31-39-87-60(102)30-38-86-59(101)29-28-55-68(110)98-56(42-45-15-3-1-4-16-45)70(112)99-57(43-46-17-5-2-6-18-46)71(113)100-58(44-47-26-27-48-19-7-8-20-49(48)41-47)69(111)96-54(25-14-37-91-75(83)84)66(108)94-52(23-12-35-89-73(79)80)64(106)93-51(22-11-34-88-72(77)78)65(107)95-53(67(109)97-55)24-13-36-90-74(81)82/h1-8,15-20,26-27,41,50-58,70,99,112,114H,9-14,21-25,28-40,42-44H2,(H2,76,105)(H,85,103)(H,86,101)(H,87,102)(H,92,104)(H,93,106)(H,94,108)(H,95,107)(H,96,111)(H,97,109)(H,98,110)(H,100,113)(H4,77,78,88)(H4,79,80,89)(H4,81,82,90)(H4,83,84,91). The molecular formula is C75H113N25O13S2. The van der Waals surface area contributed by atoms with Crippen LogP contribution in [0.15, 0.2) is 103 Å². The van der Waals surface area contributed by atoms with Crippen LogP contribution in [0.4, 0.5) is 0 Å². The molecule has 4 aromatic carbocycles. The fourth-order valence-corrected chi connectivity index (χ4v) is 12.8. The van der Waals surface area contributed by atoms with Crippen LogP contribution in [-0.4, -0.2) is 212 Å². The number of hydrogen-bond acceptors (Lipinski definition) is 20. The van der Waals surface area contributed by atoms with Crippen molar-refractivity contribution in [2.24, 2.45) is 28.7 Å². The molecule has 31 N–H and O–H groups in total. The van der Waals surface area contributed by atoms with E-state index in [1.54, 1.807) is 66.7 Å². The zero-order valence-corrected chi connectivity index (χ0v) is 66.0. The van der Waals surface area contributed by atoms with E-state index in [9.17, 15) is 33.9 Å². The molecule has 628 valence electrons. The summed E-state index contributed by atoms with van der Waals surface area (Å²) in [6.07, 6.45) is -2.90. The van der Waals surface area contributed by atoms with Gasteiger partial charge in [0.15, 0.2) is 23.8 Å². The molecule has 0 aliphatic carbocycles. The maximum Gasteiger partial charge on any atom is 0.243 e. The number of nitrogens with two attached hydrogens (primary N) is 5. The van der Waals surface area contributed by atoms with Gasteiger partial charge in [-0.15, -0.1) is 11.7 Å². The van der Waals surface area contributed by atoms with E-state index in [-0.39, 0.29) is 141 Å². The van der Waals surface area contributed by atoms with E-state index in [0.29, 0.717) is 48.3 Å². The minimum Gasteiger partial charge on any atom is -0.376 e. The molecule has 10 atom stereocenters. The first kappa shape index (κ1) is 94.1. The number of amides is 12. The number of carbonyl (C=O) groups excluding carboxylic acids is 12. The number of thiol groups is 1. The number of aliphatic hydroxyl groups is 1. The van der Waals surface area contributed by atoms with E-state index in [1.807, 2.05) is 36.4 Å². The zero-order valence-electron chi connectivity index (χ0n) is 64.3. The van der Waals surface area contributed by atoms with Crippen LogP contribution >= 0.6 is 22.5 Å². The summed E-state index contributed by atoms with van der Waals surface area (Å²) < 4.78 is 0. The van der Waals surface area contributed by atoms with Gasteiger partial charge in [-0.1, -0.05) is 114 Å². The molecule has 1 aliphatic heterocycles. The van der Waals surface area contributed by atoms with E-state index in [2.05, 4.69) is 96.7 Å². The van der Waals surface area contributed by atoms with Gasteiger partial charge in [-0.05, 0) is 117 Å². The number of fused-ring (bicyclic) bond motifs is 1. The topological polar surface area (TPSA) is 643 Å². The molecule has 0 aromatic heterocycles. The molecular weight excluding hydrogens is 1520 g/mol. The number of unbranched alkanes of at least 4 members (excludes halogenated alkanes) is 1. The first-order chi connectivity index (χ1) is 55.1. The van der Waals surface area contributed by atoms with Crippen molar-refractivity contribution >= 4 is 128 Å². The van der Waals surface area contributed by atoms with E-state index >= 15 is 28.8 Å². The Balaban J connectivity index is 1.57. The van der Waals surface area contributed by atoms with Crippen molar-refractivity contribution in [2.45, 2.75) is 183 Å². The second-order valence-electron chi connectivity index (χ2n) is 27.5. The van der Waals surface area contributed by atoms with Crippen molar-refractivity contribution in [2.75, 3.05) is 51.6 Å².